The van der Waals surface area contributed by atoms with Gasteiger partial charge in [0, 0.05) is 26.4 Å². The van der Waals surface area contributed by atoms with Gasteiger partial charge in [0.1, 0.15) is 5.78 Å². The maximum atomic E-state index is 10.8. The van der Waals surface area contributed by atoms with Crippen molar-refractivity contribution in [2.45, 2.75) is 20.3 Å². The predicted octanol–water partition coefficient (Wildman–Crippen LogP) is -0.309. The fourth-order valence-corrected chi connectivity index (χ4v) is 0.680. The molecule has 0 atom stereocenters. The molecule has 0 aliphatic rings. The molecule has 0 saturated heterocycles. The third-order valence-electron chi connectivity index (χ3n) is 1.39. The van der Waals surface area contributed by atoms with Crippen LogP contribution in [0.5, 0.6) is 0 Å². The monoisotopic (exact) mass is 172 g/mol. The molecule has 0 heterocycles. The Hall–Kier alpha value is -0.900. The van der Waals surface area contributed by atoms with Crippen LogP contribution in [0.25, 0.3) is 0 Å². The number of rotatable bonds is 6. The van der Waals surface area contributed by atoms with Crippen molar-refractivity contribution in [3.8, 4) is 0 Å². The molecule has 0 aromatic carbocycles. The largest absolute Gasteiger partial charge is 0.355 e. The minimum Gasteiger partial charge on any atom is -0.355 e. The summed E-state index contributed by atoms with van der Waals surface area (Å²) in [5.41, 5.74) is 0. The van der Waals surface area contributed by atoms with Crippen molar-refractivity contribution in [2.24, 2.45) is 0 Å². The van der Waals surface area contributed by atoms with Crippen molar-refractivity contribution >= 4 is 11.7 Å². The Labute approximate surface area is 72.7 Å². The van der Waals surface area contributed by atoms with Gasteiger partial charge in [0.15, 0.2) is 0 Å². The Morgan fingerprint density at radius 2 is 1.92 bits per heavy atom. The van der Waals surface area contributed by atoms with Crippen molar-refractivity contribution in [3.05, 3.63) is 0 Å². The zero-order valence-electron chi connectivity index (χ0n) is 7.64. The molecule has 0 aromatic heterocycles. The topological polar surface area (TPSA) is 58.2 Å². The van der Waals surface area contributed by atoms with Crippen LogP contribution in [0, 0.1) is 0 Å². The van der Waals surface area contributed by atoms with E-state index in [4.69, 9.17) is 0 Å². The number of hydrogen-bond donors (Lipinski definition) is 2. The summed E-state index contributed by atoms with van der Waals surface area (Å²) < 4.78 is 0. The van der Waals surface area contributed by atoms with Crippen LogP contribution in [0.3, 0.4) is 0 Å². The van der Waals surface area contributed by atoms with Crippen LogP contribution in [0.4, 0.5) is 0 Å². The van der Waals surface area contributed by atoms with E-state index in [1.54, 1.807) is 0 Å². The van der Waals surface area contributed by atoms with Gasteiger partial charge in [-0.15, -0.1) is 0 Å². The van der Waals surface area contributed by atoms with E-state index in [9.17, 15) is 9.59 Å². The van der Waals surface area contributed by atoms with Crippen LogP contribution >= 0.6 is 0 Å². The molecule has 4 nitrogen and oxygen atoms in total. The summed E-state index contributed by atoms with van der Waals surface area (Å²) >= 11 is 0. The van der Waals surface area contributed by atoms with Gasteiger partial charge in [-0.25, -0.2) is 0 Å². The molecule has 4 heteroatoms. The molecule has 0 fully saturated rings. The van der Waals surface area contributed by atoms with Crippen molar-refractivity contribution in [3.63, 3.8) is 0 Å². The molecule has 0 unspecified atom stereocenters. The van der Waals surface area contributed by atoms with Gasteiger partial charge >= 0.3 is 0 Å². The molecule has 0 aromatic rings. The molecule has 0 rings (SSSR count). The standard InChI is InChI=1S/C8H16N2O2/c1-3-8(12)6-9-4-5-10-7(2)11/h9H,3-6H2,1-2H3,(H,10,11). The van der Waals surface area contributed by atoms with E-state index in [-0.39, 0.29) is 11.7 Å². The van der Waals surface area contributed by atoms with E-state index < -0.39 is 0 Å². The summed E-state index contributed by atoms with van der Waals surface area (Å²) in [6.45, 7) is 4.92. The van der Waals surface area contributed by atoms with E-state index in [0.717, 1.165) is 0 Å². The van der Waals surface area contributed by atoms with E-state index in [1.807, 2.05) is 6.92 Å². The normalized spacial score (nSPS) is 9.50. The van der Waals surface area contributed by atoms with Crippen LogP contribution < -0.4 is 10.6 Å². The zero-order valence-corrected chi connectivity index (χ0v) is 7.64. The first-order chi connectivity index (χ1) is 5.66. The van der Waals surface area contributed by atoms with Gasteiger partial charge in [-0.05, 0) is 0 Å². The van der Waals surface area contributed by atoms with Crippen molar-refractivity contribution in [1.29, 1.82) is 0 Å². The molecule has 0 saturated carbocycles. The first-order valence-electron chi connectivity index (χ1n) is 4.13. The first kappa shape index (κ1) is 11.1. The molecular formula is C8H16N2O2. The third kappa shape index (κ3) is 7.21. The number of hydrogen-bond acceptors (Lipinski definition) is 3. The summed E-state index contributed by atoms with van der Waals surface area (Å²) in [6, 6.07) is 0. The maximum Gasteiger partial charge on any atom is 0.216 e. The second-order valence-electron chi connectivity index (χ2n) is 2.55. The zero-order chi connectivity index (χ0) is 9.40. The number of Topliss-reactive ketones (excluding diaryl/α,β-unsaturated/α-hetero) is 1. The van der Waals surface area contributed by atoms with Crippen molar-refractivity contribution < 1.29 is 9.59 Å². The van der Waals surface area contributed by atoms with Crippen molar-refractivity contribution in [2.75, 3.05) is 19.6 Å². The highest BCUT2D eigenvalue weighted by Crippen LogP contribution is 1.75. The maximum absolute atomic E-state index is 10.8. The highest BCUT2D eigenvalue weighted by molar-refractivity contribution is 5.80. The fraction of sp³-hybridized carbons (Fsp3) is 0.750. The Bertz CT molecular complexity index is 157. The average molecular weight is 172 g/mol. The SMILES string of the molecule is CCC(=O)CNCCNC(C)=O. The highest BCUT2D eigenvalue weighted by Gasteiger charge is 1.95. The quantitative estimate of drug-likeness (QED) is 0.540. The Balaban J connectivity index is 3.11. The lowest BCUT2D eigenvalue weighted by molar-refractivity contribution is -0.119. The van der Waals surface area contributed by atoms with Crippen LogP contribution in [-0.4, -0.2) is 31.3 Å². The van der Waals surface area contributed by atoms with Crippen LogP contribution in [0.15, 0.2) is 0 Å². The second-order valence-corrected chi connectivity index (χ2v) is 2.55. The average Bonchev–Trinajstić information content (AvgIpc) is 2.03. The van der Waals surface area contributed by atoms with Gasteiger partial charge in [0.05, 0.1) is 6.54 Å². The molecule has 0 aliphatic heterocycles. The van der Waals surface area contributed by atoms with Crippen molar-refractivity contribution in [1.82, 2.24) is 10.6 Å². The Kier molecular flexibility index (Phi) is 6.28. The number of amides is 1. The van der Waals surface area contributed by atoms with E-state index in [1.165, 1.54) is 6.92 Å². The number of nitrogens with one attached hydrogen (secondary N) is 2. The molecule has 2 N–H and O–H groups in total. The minimum absolute atomic E-state index is 0.0429. The van der Waals surface area contributed by atoms with Gasteiger partial charge in [0.2, 0.25) is 5.91 Å². The number of carbonyl (C=O) groups excluding carboxylic acids is 2. The van der Waals surface area contributed by atoms with E-state index >= 15 is 0 Å². The second kappa shape index (κ2) is 6.79. The summed E-state index contributed by atoms with van der Waals surface area (Å²) in [7, 11) is 0. The third-order valence-corrected chi connectivity index (χ3v) is 1.39. The van der Waals surface area contributed by atoms with Crippen LogP contribution in [0.1, 0.15) is 20.3 Å². The molecule has 0 aliphatic carbocycles. The molecule has 0 bridgehead atoms. The molecule has 70 valence electrons. The fourth-order valence-electron chi connectivity index (χ4n) is 0.680. The molecule has 12 heavy (non-hydrogen) atoms. The van der Waals surface area contributed by atoms with Gasteiger partial charge in [-0.2, -0.15) is 0 Å². The summed E-state index contributed by atoms with van der Waals surface area (Å²) in [6.07, 6.45) is 0.563. The smallest absolute Gasteiger partial charge is 0.216 e. The predicted molar refractivity (Wildman–Crippen MR) is 46.9 cm³/mol. The molecule has 1 amide bonds. The van der Waals surface area contributed by atoms with E-state index in [2.05, 4.69) is 10.6 Å². The summed E-state index contributed by atoms with van der Waals surface area (Å²) in [4.78, 5) is 21.2. The van der Waals surface area contributed by atoms with Gasteiger partial charge in [-0.1, -0.05) is 6.92 Å². The molecular weight excluding hydrogens is 156 g/mol. The number of ketones is 1. The van der Waals surface area contributed by atoms with Gasteiger partial charge < -0.3 is 10.6 Å². The Morgan fingerprint density at radius 1 is 1.25 bits per heavy atom. The molecule has 0 spiro atoms. The van der Waals surface area contributed by atoms with Crippen LogP contribution in [-0.2, 0) is 9.59 Å². The first-order valence-corrected chi connectivity index (χ1v) is 4.13. The lowest BCUT2D eigenvalue weighted by Crippen LogP contribution is -2.32. The number of carbonyl (C=O) groups is 2. The van der Waals surface area contributed by atoms with Gasteiger partial charge in [0.25, 0.3) is 0 Å². The summed E-state index contributed by atoms with van der Waals surface area (Å²) in [5, 5.41) is 5.55. The lowest BCUT2D eigenvalue weighted by Gasteiger charge is -2.02. The van der Waals surface area contributed by atoms with E-state index in [0.29, 0.717) is 26.1 Å². The van der Waals surface area contributed by atoms with Gasteiger partial charge in [-0.3, -0.25) is 9.59 Å². The minimum atomic E-state index is -0.0429. The lowest BCUT2D eigenvalue weighted by atomic mass is 10.3. The highest BCUT2D eigenvalue weighted by atomic mass is 16.1. The molecule has 0 radical (unpaired) electrons. The Morgan fingerprint density at radius 3 is 2.42 bits per heavy atom. The summed E-state index contributed by atoms with van der Waals surface area (Å²) in [5.74, 6) is 0.149. The van der Waals surface area contributed by atoms with Crippen LogP contribution in [0.2, 0.25) is 0 Å².